The minimum Gasteiger partial charge on any atom is -0.480 e. The summed E-state index contributed by atoms with van der Waals surface area (Å²) < 4.78 is 0.930. The van der Waals surface area contributed by atoms with E-state index in [1.807, 2.05) is 41.4 Å². The number of aromatic amines is 1. The Labute approximate surface area is 187 Å². The van der Waals surface area contributed by atoms with Crippen molar-refractivity contribution < 1.29 is 9.90 Å². The largest absolute Gasteiger partial charge is 0.480 e. The maximum atomic E-state index is 12.2. The molecule has 5 nitrogen and oxygen atoms in total. The molecule has 2 aromatic carbocycles. The minimum absolute atomic E-state index is 0.623. The fraction of sp³-hybridized carbons (Fsp3) is 0.286. The van der Waals surface area contributed by atoms with Gasteiger partial charge in [-0.1, -0.05) is 45.2 Å². The van der Waals surface area contributed by atoms with E-state index in [9.17, 15) is 9.90 Å². The van der Waals surface area contributed by atoms with E-state index in [0.29, 0.717) is 23.1 Å². The fourth-order valence-electron chi connectivity index (χ4n) is 3.90. The van der Waals surface area contributed by atoms with Gasteiger partial charge in [0.25, 0.3) is 0 Å². The number of hydrogen-bond acceptors (Lipinski definition) is 3. The Balaban J connectivity index is 1.49. The number of rotatable bonds is 5. The number of carbonyl (C=O) groups is 1. The van der Waals surface area contributed by atoms with Gasteiger partial charge in [0.1, 0.15) is 6.04 Å². The third-order valence-corrected chi connectivity index (χ3v) is 6.47. The molecule has 3 aromatic rings. The number of piperazine rings is 1. The van der Waals surface area contributed by atoms with E-state index >= 15 is 0 Å². The van der Waals surface area contributed by atoms with E-state index in [2.05, 4.69) is 25.8 Å². The molecule has 29 heavy (non-hydrogen) atoms. The Morgan fingerprint density at radius 3 is 2.59 bits per heavy atom. The summed E-state index contributed by atoms with van der Waals surface area (Å²) >= 11 is 15.8. The lowest BCUT2D eigenvalue weighted by Gasteiger charge is -2.37. The van der Waals surface area contributed by atoms with Crippen LogP contribution in [0.3, 0.4) is 0 Å². The molecule has 1 atom stereocenters. The van der Waals surface area contributed by atoms with Crippen molar-refractivity contribution in [2.24, 2.45) is 0 Å². The monoisotopic (exact) mass is 495 g/mol. The quantitative estimate of drug-likeness (QED) is 0.510. The minimum atomic E-state index is -0.833. The second-order valence-corrected chi connectivity index (χ2v) is 8.98. The Bertz CT molecular complexity index is 1050. The summed E-state index contributed by atoms with van der Waals surface area (Å²) in [6.07, 6.45) is 1.82. The van der Waals surface area contributed by atoms with E-state index in [4.69, 9.17) is 23.2 Å². The Morgan fingerprint density at radius 1 is 1.14 bits per heavy atom. The third kappa shape index (κ3) is 4.47. The third-order valence-electron chi connectivity index (χ3n) is 5.39. The molecular formula is C21H20BrCl2N3O2. The number of carboxylic acids is 1. The normalized spacial score (nSPS) is 16.9. The molecule has 1 saturated heterocycles. The topological polar surface area (TPSA) is 59.6 Å². The number of aromatic nitrogens is 1. The number of hydrogen-bond donors (Lipinski definition) is 2. The van der Waals surface area contributed by atoms with Crippen molar-refractivity contribution in [3.63, 3.8) is 0 Å². The Hall–Kier alpha value is -1.57. The van der Waals surface area contributed by atoms with E-state index in [1.54, 1.807) is 6.07 Å². The van der Waals surface area contributed by atoms with Crippen LogP contribution in [0, 0.1) is 0 Å². The van der Waals surface area contributed by atoms with Crippen molar-refractivity contribution in [2.75, 3.05) is 26.2 Å². The van der Waals surface area contributed by atoms with Gasteiger partial charge in [0.15, 0.2) is 0 Å². The van der Waals surface area contributed by atoms with Crippen LogP contribution >= 0.6 is 39.1 Å². The van der Waals surface area contributed by atoms with Gasteiger partial charge in [-0.15, -0.1) is 0 Å². The zero-order valence-corrected chi connectivity index (χ0v) is 18.6. The standard InChI is InChI=1S/C21H20BrCl2N3O2/c22-14-2-4-19-16(9-14)17(11-25-19)20(21(28)29)27-7-5-26(6-8-27)12-13-1-3-15(23)10-18(13)24/h1-4,9-11,20,25H,5-8,12H2,(H,28,29)/t20-/m0/s1. The summed E-state index contributed by atoms with van der Waals surface area (Å²) in [5, 5.41) is 12.2. The zero-order chi connectivity index (χ0) is 20.5. The molecule has 0 saturated carbocycles. The first-order valence-corrected chi connectivity index (χ1v) is 10.9. The second kappa shape index (κ2) is 8.66. The van der Waals surface area contributed by atoms with E-state index in [0.717, 1.165) is 46.1 Å². The van der Waals surface area contributed by atoms with Gasteiger partial charge in [0.2, 0.25) is 0 Å². The highest BCUT2D eigenvalue weighted by molar-refractivity contribution is 9.10. The average molecular weight is 497 g/mol. The van der Waals surface area contributed by atoms with Crippen molar-refractivity contribution >= 4 is 56.0 Å². The van der Waals surface area contributed by atoms with Crippen LogP contribution < -0.4 is 0 Å². The van der Waals surface area contributed by atoms with Gasteiger partial charge < -0.3 is 10.1 Å². The predicted molar refractivity (Wildman–Crippen MR) is 120 cm³/mol. The number of nitrogens with one attached hydrogen (secondary N) is 1. The highest BCUT2D eigenvalue weighted by Crippen LogP contribution is 2.31. The van der Waals surface area contributed by atoms with Gasteiger partial charge in [-0.05, 0) is 35.9 Å². The molecule has 0 aliphatic carbocycles. The predicted octanol–water partition coefficient (Wildman–Crippen LogP) is 5.18. The SMILES string of the molecule is O=C(O)[C@H](c1c[nH]c2ccc(Br)cc12)N1CCN(Cc2ccc(Cl)cc2Cl)CC1. The summed E-state index contributed by atoms with van der Waals surface area (Å²) in [7, 11) is 0. The van der Waals surface area contributed by atoms with Crippen LogP contribution in [0.2, 0.25) is 10.0 Å². The summed E-state index contributed by atoms with van der Waals surface area (Å²) in [6, 6.07) is 10.7. The van der Waals surface area contributed by atoms with E-state index in [-0.39, 0.29) is 0 Å². The summed E-state index contributed by atoms with van der Waals surface area (Å²) in [4.78, 5) is 19.7. The molecule has 0 amide bonds. The van der Waals surface area contributed by atoms with Crippen LogP contribution in [-0.2, 0) is 11.3 Å². The molecule has 1 fully saturated rings. The van der Waals surface area contributed by atoms with Crippen LogP contribution in [-0.4, -0.2) is 52.0 Å². The lowest BCUT2D eigenvalue weighted by Crippen LogP contribution is -2.48. The molecule has 1 aliphatic heterocycles. The van der Waals surface area contributed by atoms with Crippen LogP contribution in [0.4, 0.5) is 0 Å². The number of H-pyrrole nitrogens is 1. The van der Waals surface area contributed by atoms with Crippen LogP contribution in [0.5, 0.6) is 0 Å². The molecule has 8 heteroatoms. The maximum absolute atomic E-state index is 12.2. The number of carboxylic acid groups (broad SMARTS) is 1. The molecule has 0 bridgehead atoms. The average Bonchev–Trinajstić information content (AvgIpc) is 3.08. The molecule has 0 spiro atoms. The van der Waals surface area contributed by atoms with Gasteiger partial charge in [-0.25, -0.2) is 0 Å². The summed E-state index contributed by atoms with van der Waals surface area (Å²) in [5.41, 5.74) is 2.76. The molecule has 2 heterocycles. The smallest absolute Gasteiger partial charge is 0.325 e. The fourth-order valence-corrected chi connectivity index (χ4v) is 4.73. The van der Waals surface area contributed by atoms with Gasteiger partial charge in [0, 0.05) is 69.9 Å². The van der Waals surface area contributed by atoms with Gasteiger partial charge in [0.05, 0.1) is 0 Å². The number of halogens is 3. The number of nitrogens with zero attached hydrogens (tertiary/aromatic N) is 2. The highest BCUT2D eigenvalue weighted by Gasteiger charge is 2.32. The summed E-state index contributed by atoms with van der Waals surface area (Å²) in [6.45, 7) is 3.61. The first kappa shape index (κ1) is 20.7. The van der Waals surface area contributed by atoms with Crippen LogP contribution in [0.1, 0.15) is 17.2 Å². The van der Waals surface area contributed by atoms with Crippen molar-refractivity contribution in [2.45, 2.75) is 12.6 Å². The van der Waals surface area contributed by atoms with Crippen molar-refractivity contribution in [1.29, 1.82) is 0 Å². The first-order chi connectivity index (χ1) is 13.9. The van der Waals surface area contributed by atoms with Crippen LogP contribution in [0.25, 0.3) is 10.9 Å². The van der Waals surface area contributed by atoms with Crippen LogP contribution in [0.15, 0.2) is 47.1 Å². The van der Waals surface area contributed by atoms with E-state index < -0.39 is 12.0 Å². The Kier molecular flexibility index (Phi) is 6.18. The summed E-state index contributed by atoms with van der Waals surface area (Å²) in [5.74, 6) is -0.833. The number of aliphatic carboxylic acids is 1. The zero-order valence-electron chi connectivity index (χ0n) is 15.5. The maximum Gasteiger partial charge on any atom is 0.325 e. The van der Waals surface area contributed by atoms with Gasteiger partial charge in [-0.3, -0.25) is 14.6 Å². The molecule has 0 radical (unpaired) electrons. The molecule has 152 valence electrons. The van der Waals surface area contributed by atoms with Crippen molar-refractivity contribution in [3.05, 3.63) is 68.2 Å². The molecule has 4 rings (SSSR count). The first-order valence-electron chi connectivity index (χ1n) is 9.32. The van der Waals surface area contributed by atoms with E-state index in [1.165, 1.54) is 0 Å². The highest BCUT2D eigenvalue weighted by atomic mass is 79.9. The lowest BCUT2D eigenvalue weighted by molar-refractivity contribution is -0.144. The molecule has 1 aliphatic rings. The second-order valence-electron chi connectivity index (χ2n) is 7.22. The van der Waals surface area contributed by atoms with Gasteiger partial charge in [-0.2, -0.15) is 0 Å². The number of benzene rings is 2. The number of fused-ring (bicyclic) bond motifs is 1. The molecule has 0 unspecified atom stereocenters. The van der Waals surface area contributed by atoms with Crippen molar-refractivity contribution in [1.82, 2.24) is 14.8 Å². The molecular weight excluding hydrogens is 477 g/mol. The van der Waals surface area contributed by atoms with Gasteiger partial charge >= 0.3 is 5.97 Å². The molecule has 2 N–H and O–H groups in total. The van der Waals surface area contributed by atoms with Crippen molar-refractivity contribution in [3.8, 4) is 0 Å². The molecule has 1 aromatic heterocycles. The Morgan fingerprint density at radius 2 is 1.90 bits per heavy atom. The lowest BCUT2D eigenvalue weighted by atomic mass is 10.0.